The molecule has 0 aromatic rings. The summed E-state index contributed by atoms with van der Waals surface area (Å²) in [5.74, 6) is 0. The van der Waals surface area contributed by atoms with E-state index in [2.05, 4.69) is 16.5 Å². The van der Waals surface area contributed by atoms with Gasteiger partial charge in [-0.3, -0.25) is 0 Å². The molecule has 0 aliphatic rings. The van der Waals surface area contributed by atoms with Crippen LogP contribution in [0.4, 0.5) is 0 Å². The molecular formula is C5H11IN3O-. The van der Waals surface area contributed by atoms with Crippen LogP contribution in [0, 0.1) is 0 Å². The molecule has 0 spiro atoms. The number of nitrogens with zero attached hydrogens (tertiary/aromatic N) is 1. The standard InChI is InChI=1S/C5H11IN3O/c1-3-10-5(8)4(7)6-9-2/h3-5H,1-2,7-8H2/q-1/t4-,5+/m0/s1. The summed E-state index contributed by atoms with van der Waals surface area (Å²) in [6, 6.07) is 0. The van der Waals surface area contributed by atoms with Crippen LogP contribution in [-0.2, 0) is 4.74 Å². The van der Waals surface area contributed by atoms with Gasteiger partial charge in [-0.1, -0.05) is 0 Å². The molecule has 0 unspecified atom stereocenters. The van der Waals surface area contributed by atoms with Crippen LogP contribution >= 0.6 is 0 Å². The molecule has 0 rings (SSSR count). The van der Waals surface area contributed by atoms with E-state index < -0.39 is 27.7 Å². The Morgan fingerprint density at radius 2 is 2.20 bits per heavy atom. The van der Waals surface area contributed by atoms with Gasteiger partial charge >= 0.3 is 70.7 Å². The summed E-state index contributed by atoms with van der Waals surface area (Å²) in [7, 11) is 0. The quantitative estimate of drug-likeness (QED) is 0.133. The van der Waals surface area contributed by atoms with Crippen LogP contribution in [0.5, 0.6) is 0 Å². The summed E-state index contributed by atoms with van der Waals surface area (Å²) in [6.45, 7) is 6.68. The maximum atomic E-state index is 5.53. The van der Waals surface area contributed by atoms with E-state index in [1.807, 2.05) is 0 Å². The van der Waals surface area contributed by atoms with E-state index in [1.165, 1.54) is 6.26 Å². The zero-order chi connectivity index (χ0) is 7.98. The number of rotatable bonds is 5. The van der Waals surface area contributed by atoms with E-state index in [0.717, 1.165) is 0 Å². The Bertz CT molecular complexity index is 105. The molecule has 0 aromatic carbocycles. The van der Waals surface area contributed by atoms with E-state index in [1.54, 1.807) is 0 Å². The summed E-state index contributed by atoms with van der Waals surface area (Å²) in [6.07, 6.45) is 0.785. The van der Waals surface area contributed by atoms with E-state index in [9.17, 15) is 0 Å². The van der Waals surface area contributed by atoms with E-state index in [-0.39, 0.29) is 4.05 Å². The van der Waals surface area contributed by atoms with Crippen molar-refractivity contribution < 1.29 is 26.2 Å². The molecule has 0 amide bonds. The first-order valence-corrected chi connectivity index (χ1v) is 4.79. The third kappa shape index (κ3) is 3.80. The first-order valence-electron chi connectivity index (χ1n) is 2.58. The normalized spacial score (nSPS) is 15.8. The van der Waals surface area contributed by atoms with Gasteiger partial charge in [0.05, 0.1) is 0 Å². The van der Waals surface area contributed by atoms with Crippen LogP contribution in [-0.4, -0.2) is 17.0 Å². The summed E-state index contributed by atoms with van der Waals surface area (Å²) >= 11 is -0.494. The van der Waals surface area contributed by atoms with E-state index in [4.69, 9.17) is 16.2 Å². The molecule has 0 heterocycles. The van der Waals surface area contributed by atoms with Crippen LogP contribution in [0.15, 0.2) is 16.0 Å². The van der Waals surface area contributed by atoms with Crippen LogP contribution in [0.1, 0.15) is 0 Å². The second-order valence-corrected chi connectivity index (χ2v) is 4.11. The second-order valence-electron chi connectivity index (χ2n) is 1.43. The average Bonchev–Trinajstić information content (AvgIpc) is 1.89. The Morgan fingerprint density at radius 3 is 2.60 bits per heavy atom. The third-order valence-electron chi connectivity index (χ3n) is 0.749. The van der Waals surface area contributed by atoms with Gasteiger partial charge in [-0.2, -0.15) is 0 Å². The molecule has 0 saturated carbocycles. The van der Waals surface area contributed by atoms with E-state index in [0.29, 0.717) is 0 Å². The molecule has 2 atom stereocenters. The molecule has 4 N–H and O–H groups in total. The molecule has 0 fully saturated rings. The Kier molecular flexibility index (Phi) is 5.55. The zero-order valence-corrected chi connectivity index (χ0v) is 7.69. The summed E-state index contributed by atoms with van der Waals surface area (Å²) in [5, 5.41) is 0. The predicted octanol–water partition coefficient (Wildman–Crippen LogP) is -3.58. The predicted molar refractivity (Wildman–Crippen MR) is 36.8 cm³/mol. The van der Waals surface area contributed by atoms with Gasteiger partial charge in [-0.05, 0) is 0 Å². The van der Waals surface area contributed by atoms with Crippen LogP contribution in [0.25, 0.3) is 0 Å². The van der Waals surface area contributed by atoms with Gasteiger partial charge in [-0.15, -0.1) is 0 Å². The Hall–Kier alpha value is -0.140. The fourth-order valence-corrected chi connectivity index (χ4v) is 1.26. The van der Waals surface area contributed by atoms with Crippen molar-refractivity contribution in [2.75, 3.05) is 0 Å². The number of ether oxygens (including phenoxy) is 1. The van der Waals surface area contributed by atoms with Crippen molar-refractivity contribution in [2.24, 2.45) is 14.7 Å². The molecule has 0 radical (unpaired) electrons. The second kappa shape index (κ2) is 5.63. The number of hydrogen-bond donors (Lipinski definition) is 2. The number of halogens is 1. The third-order valence-corrected chi connectivity index (χ3v) is 2.49. The average molecular weight is 256 g/mol. The minimum atomic E-state index is -0.494. The Balaban J connectivity index is 3.56. The van der Waals surface area contributed by atoms with Gasteiger partial charge in [0, 0.05) is 0 Å². The summed E-state index contributed by atoms with van der Waals surface area (Å²) in [4.78, 5) is 0. The summed E-state index contributed by atoms with van der Waals surface area (Å²) in [5.41, 5.74) is 11.0. The molecular weight excluding hydrogens is 245 g/mol. The molecule has 0 aromatic heterocycles. The van der Waals surface area contributed by atoms with Gasteiger partial charge < -0.3 is 0 Å². The fraction of sp³-hybridized carbons (Fsp3) is 0.400. The molecule has 0 bridgehead atoms. The van der Waals surface area contributed by atoms with Crippen molar-refractivity contribution in [2.45, 2.75) is 10.3 Å². The summed E-state index contributed by atoms with van der Waals surface area (Å²) < 4.78 is 8.29. The Morgan fingerprint density at radius 1 is 1.60 bits per heavy atom. The molecule has 0 aliphatic carbocycles. The number of hydrogen-bond acceptors (Lipinski definition) is 4. The van der Waals surface area contributed by atoms with Crippen molar-refractivity contribution in [1.29, 1.82) is 0 Å². The van der Waals surface area contributed by atoms with Crippen LogP contribution in [0.3, 0.4) is 0 Å². The molecule has 4 nitrogen and oxygen atoms in total. The zero-order valence-electron chi connectivity index (χ0n) is 5.53. The molecule has 5 heteroatoms. The monoisotopic (exact) mass is 256 g/mol. The van der Waals surface area contributed by atoms with Crippen LogP contribution in [0.2, 0.25) is 0 Å². The van der Waals surface area contributed by atoms with Crippen molar-refractivity contribution in [3.05, 3.63) is 12.8 Å². The van der Waals surface area contributed by atoms with Crippen molar-refractivity contribution in [1.82, 2.24) is 0 Å². The minimum absolute atomic E-state index is 0.200. The molecule has 60 valence electrons. The number of alkyl halides is 1. The van der Waals surface area contributed by atoms with Gasteiger partial charge in [-0.25, -0.2) is 0 Å². The van der Waals surface area contributed by atoms with Gasteiger partial charge in [0.2, 0.25) is 0 Å². The van der Waals surface area contributed by atoms with Gasteiger partial charge in [0.1, 0.15) is 0 Å². The molecule has 0 aliphatic heterocycles. The SMILES string of the molecule is C=CO[C@@H](N)[C@H](N)[I-]N=C. The van der Waals surface area contributed by atoms with E-state index >= 15 is 0 Å². The fourth-order valence-electron chi connectivity index (χ4n) is 0.321. The van der Waals surface area contributed by atoms with Gasteiger partial charge in [0.25, 0.3) is 0 Å². The first-order chi connectivity index (χ1) is 4.72. The van der Waals surface area contributed by atoms with Crippen molar-refractivity contribution in [3.8, 4) is 0 Å². The van der Waals surface area contributed by atoms with Crippen LogP contribution < -0.4 is 32.9 Å². The van der Waals surface area contributed by atoms with Crippen molar-refractivity contribution in [3.63, 3.8) is 0 Å². The maximum absolute atomic E-state index is 5.53. The van der Waals surface area contributed by atoms with Crippen molar-refractivity contribution >= 4 is 6.72 Å². The van der Waals surface area contributed by atoms with Gasteiger partial charge in [0.15, 0.2) is 0 Å². The number of nitrogens with two attached hydrogens (primary N) is 2. The first kappa shape index (κ1) is 9.86. The topological polar surface area (TPSA) is 73.6 Å². The Labute approximate surface area is 70.9 Å². The molecule has 10 heavy (non-hydrogen) atoms. The molecule has 0 saturated heterocycles.